The van der Waals surface area contributed by atoms with Crippen LogP contribution in [0.1, 0.15) is 20.8 Å². The number of nitrogens with zero attached hydrogens (tertiary/aromatic N) is 2. The van der Waals surface area contributed by atoms with Gasteiger partial charge in [-0.1, -0.05) is 6.07 Å². The third-order valence-corrected chi connectivity index (χ3v) is 6.78. The summed E-state index contributed by atoms with van der Waals surface area (Å²) in [5, 5.41) is 10.9. The SMILES string of the molecule is COc1ccc(OC)c(C(=O)C(Cc2ccc(OC)s2)=C(C(=O)O)c2ccc3nsnc3c2)c1. The van der Waals surface area contributed by atoms with E-state index >= 15 is 0 Å². The number of methoxy groups -OCH3 is 3. The molecule has 0 spiro atoms. The quantitative estimate of drug-likeness (QED) is 0.261. The first-order chi connectivity index (χ1) is 16.4. The monoisotopic (exact) mass is 496 g/mol. The Kier molecular flexibility index (Phi) is 6.90. The fourth-order valence-electron chi connectivity index (χ4n) is 3.54. The largest absolute Gasteiger partial charge is 0.497 e. The van der Waals surface area contributed by atoms with Crippen LogP contribution in [0.3, 0.4) is 0 Å². The summed E-state index contributed by atoms with van der Waals surface area (Å²) in [6.45, 7) is 0. The number of Topliss-reactive ketones (excluding diaryl/α,β-unsaturated/α-hetero) is 1. The van der Waals surface area contributed by atoms with Gasteiger partial charge in [-0.2, -0.15) is 8.75 Å². The summed E-state index contributed by atoms with van der Waals surface area (Å²) in [6, 6.07) is 13.4. The summed E-state index contributed by atoms with van der Waals surface area (Å²) >= 11 is 2.38. The highest BCUT2D eigenvalue weighted by Gasteiger charge is 2.27. The van der Waals surface area contributed by atoms with Gasteiger partial charge in [0.15, 0.2) is 10.8 Å². The predicted molar refractivity (Wildman–Crippen MR) is 130 cm³/mol. The molecule has 2 heterocycles. The second-order valence-electron chi connectivity index (χ2n) is 7.12. The first-order valence-corrected chi connectivity index (χ1v) is 11.6. The molecule has 8 nitrogen and oxygen atoms in total. The lowest BCUT2D eigenvalue weighted by molar-refractivity contribution is -0.130. The maximum atomic E-state index is 13.9. The van der Waals surface area contributed by atoms with Gasteiger partial charge in [0.05, 0.1) is 44.2 Å². The summed E-state index contributed by atoms with van der Waals surface area (Å²) < 4.78 is 24.3. The number of rotatable bonds is 9. The van der Waals surface area contributed by atoms with E-state index in [0.29, 0.717) is 33.2 Å². The molecule has 0 bridgehead atoms. The van der Waals surface area contributed by atoms with Crippen LogP contribution in [0.4, 0.5) is 0 Å². The number of aromatic nitrogens is 2. The summed E-state index contributed by atoms with van der Waals surface area (Å²) in [5.74, 6) is -0.933. The van der Waals surface area contributed by atoms with Gasteiger partial charge >= 0.3 is 5.97 Å². The minimum absolute atomic E-state index is 0.0855. The molecule has 1 N–H and O–H groups in total. The number of ether oxygens (including phenoxy) is 3. The molecule has 174 valence electrons. The number of hydrogen-bond donors (Lipinski definition) is 1. The van der Waals surface area contributed by atoms with Gasteiger partial charge in [-0.3, -0.25) is 4.79 Å². The number of allylic oxidation sites excluding steroid dienone is 1. The van der Waals surface area contributed by atoms with Crippen LogP contribution >= 0.6 is 23.1 Å². The van der Waals surface area contributed by atoms with Crippen molar-refractivity contribution in [3.8, 4) is 16.6 Å². The van der Waals surface area contributed by atoms with Gasteiger partial charge in [-0.25, -0.2) is 4.79 Å². The summed E-state index contributed by atoms with van der Waals surface area (Å²) in [4.78, 5) is 27.2. The smallest absolute Gasteiger partial charge is 0.336 e. The van der Waals surface area contributed by atoms with E-state index in [1.165, 1.54) is 25.6 Å². The van der Waals surface area contributed by atoms with Crippen LogP contribution in [0, 0.1) is 0 Å². The Morgan fingerprint density at radius 3 is 2.38 bits per heavy atom. The molecule has 2 aromatic carbocycles. The van der Waals surface area contributed by atoms with E-state index in [4.69, 9.17) is 14.2 Å². The molecule has 0 radical (unpaired) electrons. The van der Waals surface area contributed by atoms with Crippen molar-refractivity contribution in [1.29, 1.82) is 0 Å². The summed E-state index contributed by atoms with van der Waals surface area (Å²) in [5.41, 5.74) is 1.77. The average molecular weight is 497 g/mol. The van der Waals surface area contributed by atoms with Gasteiger partial charge in [-0.15, -0.1) is 11.3 Å². The Balaban J connectivity index is 1.94. The lowest BCUT2D eigenvalue weighted by atomic mass is 9.90. The van der Waals surface area contributed by atoms with Crippen molar-refractivity contribution in [3.05, 3.63) is 70.1 Å². The Morgan fingerprint density at radius 2 is 1.71 bits per heavy atom. The summed E-state index contributed by atoms with van der Waals surface area (Å²) in [7, 11) is 4.50. The fraction of sp³-hybridized carbons (Fsp3) is 0.167. The van der Waals surface area contributed by atoms with E-state index in [1.807, 2.05) is 6.07 Å². The van der Waals surface area contributed by atoms with Gasteiger partial charge in [0, 0.05) is 16.9 Å². The number of aliphatic carboxylic acids is 1. The molecule has 10 heteroatoms. The molecule has 4 aromatic rings. The molecule has 0 atom stereocenters. The number of carbonyl (C=O) groups is 2. The number of thiophene rings is 1. The molecule has 2 aromatic heterocycles. The Morgan fingerprint density at radius 1 is 0.912 bits per heavy atom. The van der Waals surface area contributed by atoms with Crippen LogP contribution < -0.4 is 14.2 Å². The molecule has 0 saturated heterocycles. The lowest BCUT2D eigenvalue weighted by Gasteiger charge is -2.15. The second-order valence-corrected chi connectivity index (χ2v) is 8.78. The zero-order chi connectivity index (χ0) is 24.2. The fourth-order valence-corrected chi connectivity index (χ4v) is 4.89. The first kappa shape index (κ1) is 23.4. The summed E-state index contributed by atoms with van der Waals surface area (Å²) in [6.07, 6.45) is 0.0855. The zero-order valence-electron chi connectivity index (χ0n) is 18.5. The van der Waals surface area contributed by atoms with Crippen molar-refractivity contribution in [3.63, 3.8) is 0 Å². The van der Waals surface area contributed by atoms with E-state index in [9.17, 15) is 14.7 Å². The molecular weight excluding hydrogens is 476 g/mol. The first-order valence-electron chi connectivity index (χ1n) is 10.0. The Labute approximate surface area is 203 Å². The number of carbonyl (C=O) groups excluding carboxylic acids is 1. The van der Waals surface area contributed by atoms with Crippen LogP contribution in [-0.4, -0.2) is 46.9 Å². The van der Waals surface area contributed by atoms with Crippen molar-refractivity contribution >= 4 is 51.4 Å². The highest BCUT2D eigenvalue weighted by Crippen LogP contribution is 2.34. The molecular formula is C24H20N2O6S2. The minimum Gasteiger partial charge on any atom is -0.497 e. The number of benzene rings is 2. The van der Waals surface area contributed by atoms with Crippen molar-refractivity contribution in [2.75, 3.05) is 21.3 Å². The van der Waals surface area contributed by atoms with E-state index in [-0.39, 0.29) is 23.1 Å². The molecule has 0 aliphatic rings. The van der Waals surface area contributed by atoms with Gasteiger partial charge in [0.1, 0.15) is 22.5 Å². The maximum absolute atomic E-state index is 13.9. The van der Waals surface area contributed by atoms with Crippen molar-refractivity contribution in [2.45, 2.75) is 6.42 Å². The van der Waals surface area contributed by atoms with Crippen LogP contribution in [-0.2, 0) is 11.2 Å². The second kappa shape index (κ2) is 10.0. The number of carboxylic acids is 1. The number of hydrogen-bond acceptors (Lipinski definition) is 9. The number of fused-ring (bicyclic) bond motifs is 1. The molecule has 0 amide bonds. The molecule has 34 heavy (non-hydrogen) atoms. The predicted octanol–water partition coefficient (Wildman–Crippen LogP) is 4.74. The maximum Gasteiger partial charge on any atom is 0.336 e. The molecule has 4 rings (SSSR count). The van der Waals surface area contributed by atoms with Crippen molar-refractivity contribution in [2.24, 2.45) is 0 Å². The average Bonchev–Trinajstić information content (AvgIpc) is 3.51. The third kappa shape index (κ3) is 4.63. The van der Waals surface area contributed by atoms with Crippen LogP contribution in [0.25, 0.3) is 16.6 Å². The zero-order valence-corrected chi connectivity index (χ0v) is 20.2. The normalized spacial score (nSPS) is 11.7. The van der Waals surface area contributed by atoms with Gasteiger partial charge in [-0.05, 0) is 48.0 Å². The van der Waals surface area contributed by atoms with Crippen LogP contribution in [0.5, 0.6) is 16.6 Å². The molecule has 0 unspecified atom stereocenters. The lowest BCUT2D eigenvalue weighted by Crippen LogP contribution is -2.14. The van der Waals surface area contributed by atoms with Crippen molar-refractivity contribution < 1.29 is 28.9 Å². The number of ketones is 1. The number of carboxylic acid groups (broad SMARTS) is 1. The van der Waals surface area contributed by atoms with E-state index in [1.54, 1.807) is 49.6 Å². The van der Waals surface area contributed by atoms with Gasteiger partial charge < -0.3 is 19.3 Å². The van der Waals surface area contributed by atoms with E-state index in [0.717, 1.165) is 16.6 Å². The van der Waals surface area contributed by atoms with Gasteiger partial charge in [0.25, 0.3) is 0 Å². The van der Waals surface area contributed by atoms with Gasteiger partial charge in [0.2, 0.25) is 0 Å². The van der Waals surface area contributed by atoms with E-state index in [2.05, 4.69) is 8.75 Å². The highest BCUT2D eigenvalue weighted by molar-refractivity contribution is 7.13. The molecule has 0 fully saturated rings. The topological polar surface area (TPSA) is 108 Å². The Bertz CT molecular complexity index is 1410. The van der Waals surface area contributed by atoms with Crippen LogP contribution in [0.15, 0.2) is 54.1 Å². The highest BCUT2D eigenvalue weighted by atomic mass is 32.1. The van der Waals surface area contributed by atoms with E-state index < -0.39 is 11.8 Å². The van der Waals surface area contributed by atoms with Crippen LogP contribution in [0.2, 0.25) is 0 Å². The minimum atomic E-state index is -1.23. The Hall–Kier alpha value is -3.76. The molecule has 0 aliphatic heterocycles. The van der Waals surface area contributed by atoms with Crippen molar-refractivity contribution in [1.82, 2.24) is 8.75 Å². The molecule has 0 saturated carbocycles. The third-order valence-electron chi connectivity index (χ3n) is 5.17. The molecule has 0 aliphatic carbocycles. The standard InChI is InChI=1S/C24H20N2O6S2/c1-30-14-5-8-20(31-2)16(11-14)23(27)17(12-15-6-9-21(32-3)33-15)22(24(28)29)13-4-7-18-19(10-13)26-34-25-18/h4-11H,12H2,1-3H3,(H,28,29).